The van der Waals surface area contributed by atoms with Crippen LogP contribution < -0.4 is 14.8 Å². The molecule has 0 aliphatic rings. The van der Waals surface area contributed by atoms with E-state index >= 15 is 0 Å². The summed E-state index contributed by atoms with van der Waals surface area (Å²) in [6.07, 6.45) is 2.51. The number of carbonyl (C=O) groups excluding carboxylic acids is 3. The van der Waals surface area contributed by atoms with Gasteiger partial charge in [-0.2, -0.15) is 11.8 Å². The Balaban J connectivity index is 1.79. The number of ether oxygens (including phenoxy) is 3. The summed E-state index contributed by atoms with van der Waals surface area (Å²) in [4.78, 5) is 44.4. The van der Waals surface area contributed by atoms with Crippen LogP contribution >= 0.6 is 11.8 Å². The van der Waals surface area contributed by atoms with Crippen LogP contribution in [0.25, 0.3) is 0 Å². The smallest absolute Gasteiger partial charge is 0.257 e. The van der Waals surface area contributed by atoms with Crippen LogP contribution in [0.1, 0.15) is 44.9 Å². The number of benzene rings is 2. The molecule has 206 valence electrons. The maximum atomic E-state index is 13.7. The highest BCUT2D eigenvalue weighted by atomic mass is 32.2. The predicted molar refractivity (Wildman–Crippen MR) is 152 cm³/mol. The topological polar surface area (TPSA) is 107 Å². The van der Waals surface area contributed by atoms with Crippen molar-refractivity contribution in [1.82, 2.24) is 9.88 Å². The summed E-state index contributed by atoms with van der Waals surface area (Å²) >= 11 is 1.56. The van der Waals surface area contributed by atoms with Gasteiger partial charge < -0.3 is 24.4 Å². The first-order valence-electron chi connectivity index (χ1n) is 12.4. The van der Waals surface area contributed by atoms with Gasteiger partial charge in [0.15, 0.2) is 12.0 Å². The third-order valence-corrected chi connectivity index (χ3v) is 6.52. The number of amides is 2. The van der Waals surface area contributed by atoms with E-state index in [2.05, 4.69) is 10.3 Å². The zero-order valence-electron chi connectivity index (χ0n) is 22.5. The van der Waals surface area contributed by atoms with E-state index in [0.29, 0.717) is 36.0 Å². The quantitative estimate of drug-likeness (QED) is 0.289. The molecule has 0 aliphatic heterocycles. The van der Waals surface area contributed by atoms with Gasteiger partial charge in [-0.15, -0.1) is 0 Å². The minimum atomic E-state index is -0.432. The van der Waals surface area contributed by atoms with Gasteiger partial charge in [0, 0.05) is 12.8 Å². The number of rotatable bonds is 14. The molecule has 10 heteroatoms. The number of thioether (sulfide) groups is 1. The van der Waals surface area contributed by atoms with Crippen LogP contribution in [0.15, 0.2) is 60.7 Å². The van der Waals surface area contributed by atoms with E-state index in [1.54, 1.807) is 49.1 Å². The maximum absolute atomic E-state index is 13.7. The Morgan fingerprint density at radius 1 is 1.10 bits per heavy atom. The van der Waals surface area contributed by atoms with E-state index in [4.69, 9.17) is 14.2 Å². The van der Waals surface area contributed by atoms with Gasteiger partial charge in [0.05, 0.1) is 48.9 Å². The second-order valence-corrected chi connectivity index (χ2v) is 9.39. The summed E-state index contributed by atoms with van der Waals surface area (Å²) < 4.78 is 16.4. The van der Waals surface area contributed by atoms with Gasteiger partial charge in [0.25, 0.3) is 11.8 Å². The number of anilines is 1. The molecule has 2 amide bonds. The molecule has 0 spiro atoms. The molecule has 9 nitrogen and oxygen atoms in total. The van der Waals surface area contributed by atoms with Crippen LogP contribution in [0, 0.1) is 0 Å². The summed E-state index contributed by atoms with van der Waals surface area (Å²) in [7, 11) is 3.20. The largest absolute Gasteiger partial charge is 0.491 e. The van der Waals surface area contributed by atoms with E-state index in [0.717, 1.165) is 5.56 Å². The van der Waals surface area contributed by atoms with Crippen molar-refractivity contribution in [1.29, 1.82) is 0 Å². The lowest BCUT2D eigenvalue weighted by Gasteiger charge is -2.28. The van der Waals surface area contributed by atoms with Crippen molar-refractivity contribution in [2.75, 3.05) is 44.7 Å². The predicted octanol–water partition coefficient (Wildman–Crippen LogP) is 4.63. The molecule has 1 unspecified atom stereocenters. The molecule has 39 heavy (non-hydrogen) atoms. The van der Waals surface area contributed by atoms with Crippen LogP contribution in [0.3, 0.4) is 0 Å². The van der Waals surface area contributed by atoms with Gasteiger partial charge in [0.1, 0.15) is 6.61 Å². The zero-order valence-corrected chi connectivity index (χ0v) is 23.3. The van der Waals surface area contributed by atoms with E-state index in [1.165, 1.54) is 12.0 Å². The molecule has 3 rings (SSSR count). The molecule has 0 bridgehead atoms. The number of carbonyl (C=O) groups is 3. The lowest BCUT2D eigenvalue weighted by molar-refractivity contribution is -0.121. The van der Waals surface area contributed by atoms with Crippen LogP contribution in [-0.2, 0) is 16.1 Å². The summed E-state index contributed by atoms with van der Waals surface area (Å²) in [6.45, 7) is 2.34. The highest BCUT2D eigenvalue weighted by Crippen LogP contribution is 2.31. The molecule has 1 aromatic heterocycles. The highest BCUT2D eigenvalue weighted by molar-refractivity contribution is 7.98. The lowest BCUT2D eigenvalue weighted by atomic mass is 10.0. The Morgan fingerprint density at radius 2 is 1.87 bits per heavy atom. The Kier molecular flexibility index (Phi) is 11.3. The number of aldehydes is 1. The lowest BCUT2D eigenvalue weighted by Crippen LogP contribution is -2.34. The van der Waals surface area contributed by atoms with Gasteiger partial charge in [-0.3, -0.25) is 14.4 Å². The van der Waals surface area contributed by atoms with Gasteiger partial charge in [-0.25, -0.2) is 4.98 Å². The Hall–Kier alpha value is -3.89. The molecule has 3 aromatic rings. The monoisotopic (exact) mass is 551 g/mol. The van der Waals surface area contributed by atoms with Gasteiger partial charge in [0.2, 0.25) is 5.91 Å². The average Bonchev–Trinajstić information content (AvgIpc) is 2.95. The minimum absolute atomic E-state index is 0.0892. The second kappa shape index (κ2) is 14.9. The summed E-state index contributed by atoms with van der Waals surface area (Å²) in [5, 5.41) is 2.69. The number of hydrogen-bond donors (Lipinski definition) is 1. The molecule has 1 heterocycles. The van der Waals surface area contributed by atoms with E-state index in [9.17, 15) is 14.4 Å². The fourth-order valence-electron chi connectivity index (χ4n) is 3.92. The molecule has 1 N–H and O–H groups in total. The van der Waals surface area contributed by atoms with Crippen molar-refractivity contribution in [2.24, 2.45) is 0 Å². The second-order valence-electron chi connectivity index (χ2n) is 8.47. The minimum Gasteiger partial charge on any atom is -0.491 e. The number of nitrogens with one attached hydrogen (secondary N) is 1. The number of pyridine rings is 1. The van der Waals surface area contributed by atoms with Crippen LogP contribution in [-0.4, -0.2) is 67.4 Å². The highest BCUT2D eigenvalue weighted by Gasteiger charge is 2.27. The number of aromatic nitrogens is 1. The van der Waals surface area contributed by atoms with Crippen molar-refractivity contribution in [2.45, 2.75) is 19.6 Å². The normalized spacial score (nSPS) is 11.4. The maximum Gasteiger partial charge on any atom is 0.257 e. The molecular weight excluding hydrogens is 518 g/mol. The Bertz CT molecular complexity index is 1270. The number of methoxy groups -OCH3 is 1. The molecular formula is C29H33N3O6S. The van der Waals surface area contributed by atoms with Gasteiger partial charge in [-0.1, -0.05) is 36.4 Å². The van der Waals surface area contributed by atoms with Crippen molar-refractivity contribution in [3.8, 4) is 11.6 Å². The van der Waals surface area contributed by atoms with Crippen LogP contribution in [0.5, 0.6) is 11.6 Å². The molecule has 0 saturated heterocycles. The van der Waals surface area contributed by atoms with E-state index in [1.807, 2.05) is 43.5 Å². The number of nitrogens with zero attached hydrogens (tertiary/aromatic N) is 2. The molecule has 0 saturated carbocycles. The van der Waals surface area contributed by atoms with Crippen LogP contribution in [0.4, 0.5) is 5.69 Å². The molecule has 1 atom stereocenters. The third-order valence-electron chi connectivity index (χ3n) is 5.87. The zero-order chi connectivity index (χ0) is 28.2. The van der Waals surface area contributed by atoms with Crippen molar-refractivity contribution in [3.63, 3.8) is 0 Å². The average molecular weight is 552 g/mol. The summed E-state index contributed by atoms with van der Waals surface area (Å²) in [6, 6.07) is 17.4. The van der Waals surface area contributed by atoms with Gasteiger partial charge in [-0.05, 0) is 43.0 Å². The molecule has 2 aromatic carbocycles. The first-order valence-corrected chi connectivity index (χ1v) is 13.8. The third kappa shape index (κ3) is 7.81. The van der Waals surface area contributed by atoms with Crippen molar-refractivity contribution >= 4 is 35.5 Å². The standard InChI is InChI=1S/C29H33N3O6S/c1-5-38-28-26(36-3)15-14-24(31-28)25(19-39-4)32(2)29(35)21-12-9-13-23(22(21)16-33)30-27(34)18-37-17-20-10-7-6-8-11-20/h6-16,25H,5,17-19H2,1-4H3,(H,30,34). The fourth-order valence-corrected chi connectivity index (χ4v) is 4.63. The van der Waals surface area contributed by atoms with Gasteiger partial charge >= 0.3 is 0 Å². The SMILES string of the molecule is CCOc1nc(C(CSC)N(C)C(=O)c2cccc(NC(=O)COCc3ccccc3)c2C=O)ccc1OC. The Labute approximate surface area is 232 Å². The Morgan fingerprint density at radius 3 is 2.54 bits per heavy atom. The summed E-state index contributed by atoms with van der Waals surface area (Å²) in [5.74, 6) is 0.578. The molecule has 0 aliphatic carbocycles. The van der Waals surface area contributed by atoms with E-state index < -0.39 is 11.9 Å². The van der Waals surface area contributed by atoms with Crippen molar-refractivity contribution < 1.29 is 28.6 Å². The molecule has 0 fully saturated rings. The first-order chi connectivity index (χ1) is 18.9. The van der Waals surface area contributed by atoms with Crippen LogP contribution in [0.2, 0.25) is 0 Å². The van der Waals surface area contributed by atoms with Crippen molar-refractivity contribution in [3.05, 3.63) is 83.0 Å². The fraction of sp³-hybridized carbons (Fsp3) is 0.310. The summed E-state index contributed by atoms with van der Waals surface area (Å²) in [5.41, 5.74) is 2.05. The van der Waals surface area contributed by atoms with E-state index in [-0.39, 0.29) is 35.9 Å². The first kappa shape index (κ1) is 29.7. The molecule has 0 radical (unpaired) electrons. The number of hydrogen-bond acceptors (Lipinski definition) is 8.